The van der Waals surface area contributed by atoms with Gasteiger partial charge in [-0.2, -0.15) is 0 Å². The fourth-order valence-electron chi connectivity index (χ4n) is 1.65. The number of benzene rings is 2. The lowest BCUT2D eigenvalue weighted by Gasteiger charge is -2.09. The molecule has 0 spiro atoms. The van der Waals surface area contributed by atoms with E-state index in [9.17, 15) is 8.42 Å². The first kappa shape index (κ1) is 14.6. The third kappa shape index (κ3) is 3.38. The Hall–Kier alpha value is -1.83. The first-order valence-corrected chi connectivity index (χ1v) is 7.42. The van der Waals surface area contributed by atoms with Crippen molar-refractivity contribution in [2.45, 2.75) is 11.8 Å². The highest BCUT2D eigenvalue weighted by atomic mass is 32.2. The van der Waals surface area contributed by atoms with Crippen LogP contribution in [0.5, 0.6) is 0 Å². The van der Waals surface area contributed by atoms with Crippen LogP contribution in [0.4, 0.5) is 5.69 Å². The zero-order valence-corrected chi connectivity index (χ0v) is 11.6. The smallest absolute Gasteiger partial charge is 0.423 e. The van der Waals surface area contributed by atoms with E-state index in [0.29, 0.717) is 11.2 Å². The minimum absolute atomic E-state index is 0.175. The summed E-state index contributed by atoms with van der Waals surface area (Å²) in [6, 6.07) is 12.3. The van der Waals surface area contributed by atoms with Crippen molar-refractivity contribution in [3.63, 3.8) is 0 Å². The van der Waals surface area contributed by atoms with Gasteiger partial charge in [-0.1, -0.05) is 29.8 Å². The Balaban J connectivity index is 2.22. The maximum atomic E-state index is 12.1. The molecule has 0 saturated carbocycles. The Morgan fingerprint density at radius 2 is 1.50 bits per heavy atom. The molecule has 0 heterocycles. The van der Waals surface area contributed by atoms with Gasteiger partial charge in [-0.25, -0.2) is 8.42 Å². The van der Waals surface area contributed by atoms with Crippen LogP contribution in [0.25, 0.3) is 0 Å². The molecule has 5 nitrogen and oxygen atoms in total. The van der Waals surface area contributed by atoms with E-state index in [2.05, 4.69) is 4.72 Å². The summed E-state index contributed by atoms with van der Waals surface area (Å²) < 4.78 is 26.7. The molecule has 0 aliphatic carbocycles. The summed E-state index contributed by atoms with van der Waals surface area (Å²) in [5.74, 6) is 0. The monoisotopic (exact) mass is 291 g/mol. The van der Waals surface area contributed by atoms with Gasteiger partial charge >= 0.3 is 7.12 Å². The SMILES string of the molecule is Cc1ccc(S(=O)(=O)Nc2ccc(B(O)O)cc2)cc1. The molecule has 0 saturated heterocycles. The number of sulfonamides is 1. The first-order chi connectivity index (χ1) is 9.38. The van der Waals surface area contributed by atoms with E-state index in [1.807, 2.05) is 6.92 Å². The molecule has 2 rings (SSSR count). The molecule has 0 aromatic heterocycles. The minimum atomic E-state index is -3.64. The predicted molar refractivity (Wildman–Crippen MR) is 78.3 cm³/mol. The summed E-state index contributed by atoms with van der Waals surface area (Å²) in [6.07, 6.45) is 0. The van der Waals surface area contributed by atoms with Crippen LogP contribution in [0, 0.1) is 6.92 Å². The quantitative estimate of drug-likeness (QED) is 0.715. The predicted octanol–water partition coefficient (Wildman–Crippen LogP) is 0.476. The van der Waals surface area contributed by atoms with Crippen LogP contribution < -0.4 is 10.2 Å². The molecule has 2 aromatic carbocycles. The lowest BCUT2D eigenvalue weighted by atomic mass is 9.80. The largest absolute Gasteiger partial charge is 0.488 e. The first-order valence-electron chi connectivity index (χ1n) is 5.94. The summed E-state index contributed by atoms with van der Waals surface area (Å²) in [5, 5.41) is 17.9. The standard InChI is InChI=1S/C13H14BNO4S/c1-10-2-8-13(9-3-10)20(18,19)15-12-6-4-11(5-7-12)14(16)17/h2-9,15-17H,1H3. The van der Waals surface area contributed by atoms with Gasteiger partial charge in [0, 0.05) is 5.69 Å². The van der Waals surface area contributed by atoms with Gasteiger partial charge in [-0.15, -0.1) is 0 Å². The topological polar surface area (TPSA) is 86.6 Å². The van der Waals surface area contributed by atoms with E-state index in [1.165, 1.54) is 36.4 Å². The fourth-order valence-corrected chi connectivity index (χ4v) is 2.71. The third-order valence-electron chi connectivity index (χ3n) is 2.79. The van der Waals surface area contributed by atoms with Crippen LogP contribution in [0.1, 0.15) is 5.56 Å². The molecule has 0 radical (unpaired) electrons. The molecule has 0 amide bonds. The van der Waals surface area contributed by atoms with Gasteiger partial charge in [0.05, 0.1) is 4.90 Å². The summed E-state index contributed by atoms with van der Waals surface area (Å²) in [6.45, 7) is 1.88. The summed E-state index contributed by atoms with van der Waals surface area (Å²) in [5.41, 5.74) is 1.63. The van der Waals surface area contributed by atoms with Crippen LogP contribution in [-0.2, 0) is 10.0 Å². The number of hydrogen-bond donors (Lipinski definition) is 3. The molecule has 2 aromatic rings. The van der Waals surface area contributed by atoms with Gasteiger partial charge in [0.25, 0.3) is 10.0 Å². The molecule has 0 unspecified atom stereocenters. The molecule has 7 heteroatoms. The van der Waals surface area contributed by atoms with E-state index >= 15 is 0 Å². The molecule has 0 atom stereocenters. The Bertz CT molecular complexity index is 681. The Morgan fingerprint density at radius 1 is 0.950 bits per heavy atom. The Kier molecular flexibility index (Phi) is 4.13. The summed E-state index contributed by atoms with van der Waals surface area (Å²) >= 11 is 0. The highest BCUT2D eigenvalue weighted by molar-refractivity contribution is 7.92. The van der Waals surface area contributed by atoms with Gasteiger partial charge < -0.3 is 10.0 Å². The number of aryl methyl sites for hydroxylation is 1. The van der Waals surface area contributed by atoms with Crippen LogP contribution in [0.15, 0.2) is 53.4 Å². The van der Waals surface area contributed by atoms with Gasteiger partial charge in [0.2, 0.25) is 0 Å². The van der Waals surface area contributed by atoms with Crippen molar-refractivity contribution in [2.24, 2.45) is 0 Å². The highest BCUT2D eigenvalue weighted by Gasteiger charge is 2.15. The third-order valence-corrected chi connectivity index (χ3v) is 4.19. The van der Waals surface area contributed by atoms with E-state index in [1.54, 1.807) is 12.1 Å². The maximum absolute atomic E-state index is 12.1. The number of nitrogens with one attached hydrogen (secondary N) is 1. The number of rotatable bonds is 4. The second-order valence-corrected chi connectivity index (χ2v) is 6.10. The molecule has 0 fully saturated rings. The Labute approximate surface area is 118 Å². The van der Waals surface area contributed by atoms with E-state index in [4.69, 9.17) is 10.0 Å². The fraction of sp³-hybridized carbons (Fsp3) is 0.0769. The van der Waals surface area contributed by atoms with E-state index in [0.717, 1.165) is 5.56 Å². The van der Waals surface area contributed by atoms with Crippen molar-refractivity contribution in [3.05, 3.63) is 54.1 Å². The molecular weight excluding hydrogens is 277 g/mol. The van der Waals surface area contributed by atoms with Gasteiger partial charge in [0.1, 0.15) is 0 Å². The molecule has 0 aliphatic heterocycles. The van der Waals surface area contributed by atoms with Gasteiger partial charge in [-0.3, -0.25) is 4.72 Å². The molecular formula is C13H14BNO4S. The van der Waals surface area contributed by atoms with Crippen LogP contribution in [0.3, 0.4) is 0 Å². The van der Waals surface area contributed by atoms with Crippen LogP contribution in [-0.4, -0.2) is 25.6 Å². The zero-order chi connectivity index (χ0) is 14.8. The van der Waals surface area contributed by atoms with Crippen molar-refractivity contribution in [2.75, 3.05) is 4.72 Å². The van der Waals surface area contributed by atoms with Crippen molar-refractivity contribution in [3.8, 4) is 0 Å². The maximum Gasteiger partial charge on any atom is 0.488 e. The Morgan fingerprint density at radius 3 is 2.00 bits per heavy atom. The zero-order valence-electron chi connectivity index (χ0n) is 10.8. The van der Waals surface area contributed by atoms with Crippen molar-refractivity contribution < 1.29 is 18.5 Å². The summed E-state index contributed by atoms with van der Waals surface area (Å²) in [7, 11) is -5.21. The lowest BCUT2D eigenvalue weighted by molar-refractivity contribution is 0.426. The van der Waals surface area contributed by atoms with Crippen LogP contribution in [0.2, 0.25) is 0 Å². The van der Waals surface area contributed by atoms with Crippen molar-refractivity contribution >= 4 is 28.3 Å². The minimum Gasteiger partial charge on any atom is -0.423 e. The molecule has 0 bridgehead atoms. The van der Waals surface area contributed by atoms with Crippen molar-refractivity contribution in [1.82, 2.24) is 0 Å². The molecule has 0 aliphatic rings. The molecule has 104 valence electrons. The average molecular weight is 291 g/mol. The number of hydrogen-bond acceptors (Lipinski definition) is 4. The van der Waals surface area contributed by atoms with Crippen molar-refractivity contribution in [1.29, 1.82) is 0 Å². The second-order valence-electron chi connectivity index (χ2n) is 4.41. The summed E-state index contributed by atoms with van der Waals surface area (Å²) in [4.78, 5) is 0.175. The number of anilines is 1. The normalized spacial score (nSPS) is 11.2. The van der Waals surface area contributed by atoms with E-state index in [-0.39, 0.29) is 4.90 Å². The highest BCUT2D eigenvalue weighted by Crippen LogP contribution is 2.15. The average Bonchev–Trinajstić information content (AvgIpc) is 2.39. The van der Waals surface area contributed by atoms with Crippen LogP contribution >= 0.6 is 0 Å². The molecule has 20 heavy (non-hydrogen) atoms. The second kappa shape index (κ2) is 5.66. The van der Waals surface area contributed by atoms with E-state index < -0.39 is 17.1 Å². The lowest BCUT2D eigenvalue weighted by Crippen LogP contribution is -2.29. The molecule has 3 N–H and O–H groups in total. The van der Waals surface area contributed by atoms with Gasteiger partial charge in [0.15, 0.2) is 0 Å². The van der Waals surface area contributed by atoms with Gasteiger partial charge in [-0.05, 0) is 36.7 Å².